The number of rotatable bonds is 4. The lowest BCUT2D eigenvalue weighted by Crippen LogP contribution is -2.00. The fraction of sp³-hybridized carbons (Fsp3) is 0. The fourth-order valence-electron chi connectivity index (χ4n) is 7.45. The summed E-state index contributed by atoms with van der Waals surface area (Å²) in [6.07, 6.45) is 0. The molecule has 0 aliphatic carbocycles. The van der Waals surface area contributed by atoms with Gasteiger partial charge in [-0.25, -0.2) is 15.0 Å². The normalized spacial score (nSPS) is 11.9. The van der Waals surface area contributed by atoms with Crippen molar-refractivity contribution in [1.82, 2.24) is 19.5 Å². The zero-order valence-electron chi connectivity index (χ0n) is 27.1. The molecule has 0 fully saturated rings. The molecule has 0 radical (unpaired) electrons. The highest BCUT2D eigenvalue weighted by molar-refractivity contribution is 6.09. The molecule has 4 aromatic heterocycles. The third-order valence-corrected chi connectivity index (χ3v) is 9.87. The largest absolute Gasteiger partial charge is 0.456 e. The Labute approximate surface area is 290 Å². The first-order chi connectivity index (χ1) is 25.2. The minimum absolute atomic E-state index is 0.570. The molecule has 6 heteroatoms. The van der Waals surface area contributed by atoms with E-state index in [-0.39, 0.29) is 0 Å². The van der Waals surface area contributed by atoms with Crippen LogP contribution >= 0.6 is 0 Å². The molecule has 0 saturated carbocycles. The summed E-state index contributed by atoms with van der Waals surface area (Å²) >= 11 is 0. The number of furan rings is 2. The third kappa shape index (κ3) is 4.33. The van der Waals surface area contributed by atoms with Gasteiger partial charge < -0.3 is 13.4 Å². The maximum Gasteiger partial charge on any atom is 0.164 e. The lowest BCUT2D eigenvalue weighted by atomic mass is 10.1. The number of benzene rings is 7. The second-order valence-electron chi connectivity index (χ2n) is 12.8. The molecule has 0 bridgehead atoms. The topological polar surface area (TPSA) is 69.9 Å². The molecule has 11 rings (SSSR count). The number of nitrogens with zero attached hydrogens (tertiary/aromatic N) is 4. The average Bonchev–Trinajstić information content (AvgIpc) is 3.87. The molecular formula is C45H26N4O2. The maximum atomic E-state index is 6.25. The van der Waals surface area contributed by atoms with E-state index >= 15 is 0 Å². The molecule has 0 aliphatic rings. The zero-order chi connectivity index (χ0) is 33.5. The predicted octanol–water partition coefficient (Wildman–Crippen LogP) is 11.8. The second kappa shape index (κ2) is 10.7. The predicted molar refractivity (Wildman–Crippen MR) is 205 cm³/mol. The van der Waals surface area contributed by atoms with Crippen LogP contribution in [-0.2, 0) is 0 Å². The molecule has 238 valence electrons. The van der Waals surface area contributed by atoms with Crippen LogP contribution in [0.4, 0.5) is 0 Å². The molecule has 0 aliphatic heterocycles. The van der Waals surface area contributed by atoms with E-state index < -0.39 is 0 Å². The van der Waals surface area contributed by atoms with Crippen LogP contribution in [0.1, 0.15) is 0 Å². The number of para-hydroxylation sites is 4. The van der Waals surface area contributed by atoms with E-state index in [2.05, 4.69) is 108 Å². The summed E-state index contributed by atoms with van der Waals surface area (Å²) in [6.45, 7) is 0. The first-order valence-electron chi connectivity index (χ1n) is 16.9. The van der Waals surface area contributed by atoms with Gasteiger partial charge in [0.15, 0.2) is 17.5 Å². The molecule has 51 heavy (non-hydrogen) atoms. The molecule has 0 N–H and O–H groups in total. The highest BCUT2D eigenvalue weighted by Gasteiger charge is 2.17. The zero-order valence-corrected chi connectivity index (χ0v) is 27.1. The number of hydrogen-bond acceptors (Lipinski definition) is 5. The summed E-state index contributed by atoms with van der Waals surface area (Å²) in [4.78, 5) is 15.2. The van der Waals surface area contributed by atoms with Crippen molar-refractivity contribution >= 4 is 65.7 Å². The molecule has 0 unspecified atom stereocenters. The van der Waals surface area contributed by atoms with E-state index in [0.717, 1.165) is 66.3 Å². The minimum Gasteiger partial charge on any atom is -0.456 e. The van der Waals surface area contributed by atoms with Gasteiger partial charge in [0.1, 0.15) is 22.3 Å². The van der Waals surface area contributed by atoms with E-state index in [1.54, 1.807) is 0 Å². The average molecular weight is 655 g/mol. The van der Waals surface area contributed by atoms with E-state index in [9.17, 15) is 0 Å². The van der Waals surface area contributed by atoms with Gasteiger partial charge in [0.2, 0.25) is 0 Å². The van der Waals surface area contributed by atoms with Crippen LogP contribution < -0.4 is 0 Å². The Kier molecular flexibility index (Phi) is 5.86. The summed E-state index contributed by atoms with van der Waals surface area (Å²) in [5.41, 5.74) is 9.34. The van der Waals surface area contributed by atoms with Gasteiger partial charge in [-0.1, -0.05) is 78.9 Å². The molecule has 4 heterocycles. The summed E-state index contributed by atoms with van der Waals surface area (Å²) < 4.78 is 14.7. The monoisotopic (exact) mass is 654 g/mol. The van der Waals surface area contributed by atoms with E-state index in [4.69, 9.17) is 23.8 Å². The summed E-state index contributed by atoms with van der Waals surface area (Å²) in [5.74, 6) is 1.74. The second-order valence-corrected chi connectivity index (χ2v) is 12.8. The van der Waals surface area contributed by atoms with Gasteiger partial charge in [0.25, 0.3) is 0 Å². The number of fused-ring (bicyclic) bond motifs is 9. The lowest BCUT2D eigenvalue weighted by molar-refractivity contribution is 0.668. The SMILES string of the molecule is c1ccc2c(c1)oc1cc(-c3nc(-c4ccc(-n5c6ccccc6c6ccccc65)cc4)nc(-c4ccc5oc6ccccc6c5c4)n3)ccc12. The summed E-state index contributed by atoms with van der Waals surface area (Å²) in [5, 5.41) is 6.67. The van der Waals surface area contributed by atoms with Gasteiger partial charge in [-0.2, -0.15) is 0 Å². The smallest absolute Gasteiger partial charge is 0.164 e. The lowest BCUT2D eigenvalue weighted by Gasteiger charge is -2.11. The Morgan fingerprint density at radius 2 is 0.784 bits per heavy atom. The number of hydrogen-bond donors (Lipinski definition) is 0. The van der Waals surface area contributed by atoms with E-state index in [0.29, 0.717) is 17.5 Å². The van der Waals surface area contributed by atoms with Crippen molar-refractivity contribution in [1.29, 1.82) is 0 Å². The van der Waals surface area contributed by atoms with Gasteiger partial charge in [-0.05, 0) is 78.9 Å². The molecule has 0 spiro atoms. The van der Waals surface area contributed by atoms with Crippen molar-refractivity contribution in [2.75, 3.05) is 0 Å². The van der Waals surface area contributed by atoms with E-state index in [1.165, 1.54) is 21.8 Å². The molecule has 0 atom stereocenters. The quantitative estimate of drug-likeness (QED) is 0.189. The van der Waals surface area contributed by atoms with E-state index in [1.807, 2.05) is 54.6 Å². The van der Waals surface area contributed by atoms with Crippen molar-refractivity contribution < 1.29 is 8.83 Å². The molecule has 7 aromatic carbocycles. The molecule has 0 saturated heterocycles. The van der Waals surface area contributed by atoms with Crippen molar-refractivity contribution in [3.8, 4) is 39.9 Å². The molecular weight excluding hydrogens is 629 g/mol. The Morgan fingerprint density at radius 1 is 0.333 bits per heavy atom. The first kappa shape index (κ1) is 27.9. The van der Waals surface area contributed by atoms with Crippen LogP contribution in [0.2, 0.25) is 0 Å². The van der Waals surface area contributed by atoms with Gasteiger partial charge in [0, 0.05) is 54.7 Å². The third-order valence-electron chi connectivity index (χ3n) is 9.87. The van der Waals surface area contributed by atoms with Gasteiger partial charge in [-0.15, -0.1) is 0 Å². The van der Waals surface area contributed by atoms with Gasteiger partial charge in [0.05, 0.1) is 11.0 Å². The van der Waals surface area contributed by atoms with Crippen molar-refractivity contribution in [2.45, 2.75) is 0 Å². The van der Waals surface area contributed by atoms with Crippen LogP contribution in [0, 0.1) is 0 Å². The van der Waals surface area contributed by atoms with Gasteiger partial charge >= 0.3 is 0 Å². The van der Waals surface area contributed by atoms with Crippen LogP contribution in [0.5, 0.6) is 0 Å². The standard InChI is InChI=1S/C45H26N4O2/c1-5-13-37-31(9-1)32-10-2-6-14-38(32)49(37)30-21-17-27(18-22-30)43-46-44(28-20-24-41-36(25-28)34-12-4-8-16-40(34)50-41)48-45(47-43)29-19-23-35-33-11-3-7-15-39(33)51-42(35)26-29/h1-26H. The van der Waals surface area contributed by atoms with Crippen LogP contribution in [0.25, 0.3) is 106 Å². The molecule has 6 nitrogen and oxygen atoms in total. The van der Waals surface area contributed by atoms with Gasteiger partial charge in [-0.3, -0.25) is 0 Å². The summed E-state index contributed by atoms with van der Waals surface area (Å²) in [6, 6.07) is 54.0. The van der Waals surface area contributed by atoms with Crippen molar-refractivity contribution in [3.05, 3.63) is 158 Å². The van der Waals surface area contributed by atoms with Crippen LogP contribution in [0.3, 0.4) is 0 Å². The van der Waals surface area contributed by atoms with Crippen LogP contribution in [-0.4, -0.2) is 19.5 Å². The van der Waals surface area contributed by atoms with Crippen molar-refractivity contribution in [3.63, 3.8) is 0 Å². The van der Waals surface area contributed by atoms with Crippen LogP contribution in [0.15, 0.2) is 167 Å². The van der Waals surface area contributed by atoms with Crippen molar-refractivity contribution in [2.24, 2.45) is 0 Å². The Morgan fingerprint density at radius 3 is 1.45 bits per heavy atom. The molecule has 0 amide bonds. The minimum atomic E-state index is 0.570. The summed E-state index contributed by atoms with van der Waals surface area (Å²) in [7, 11) is 0. The fourth-order valence-corrected chi connectivity index (χ4v) is 7.45. The Hall–Kier alpha value is -7.05. The molecule has 11 aromatic rings. The first-order valence-corrected chi connectivity index (χ1v) is 16.9. The number of aromatic nitrogens is 4. The highest BCUT2D eigenvalue weighted by atomic mass is 16.3. The Balaban J connectivity index is 1.08. The Bertz CT molecular complexity index is 3100. The maximum absolute atomic E-state index is 6.25. The highest BCUT2D eigenvalue weighted by Crippen LogP contribution is 2.36.